The van der Waals surface area contributed by atoms with Crippen molar-refractivity contribution < 1.29 is 4.79 Å². The van der Waals surface area contributed by atoms with Crippen LogP contribution >= 0.6 is 11.6 Å². The van der Waals surface area contributed by atoms with Gasteiger partial charge in [-0.25, -0.2) is 0 Å². The first-order valence-electron chi connectivity index (χ1n) is 9.01. The lowest BCUT2D eigenvalue weighted by Gasteiger charge is -2.35. The molecule has 1 aliphatic heterocycles. The smallest absolute Gasteiger partial charge is 0.227 e. The summed E-state index contributed by atoms with van der Waals surface area (Å²) >= 11 is 5.93. The van der Waals surface area contributed by atoms with Gasteiger partial charge in [0, 0.05) is 37.2 Å². The van der Waals surface area contributed by atoms with Gasteiger partial charge < -0.3 is 11.1 Å². The molecule has 2 rings (SSSR count). The molecule has 0 radical (unpaired) electrons. The third kappa shape index (κ3) is 4.71. The van der Waals surface area contributed by atoms with Gasteiger partial charge in [-0.1, -0.05) is 37.6 Å². The van der Waals surface area contributed by atoms with Gasteiger partial charge in [0.1, 0.15) is 0 Å². The van der Waals surface area contributed by atoms with E-state index in [4.69, 9.17) is 17.3 Å². The maximum Gasteiger partial charge on any atom is 0.227 e. The first-order valence-corrected chi connectivity index (χ1v) is 9.38. The third-order valence-electron chi connectivity index (χ3n) is 5.47. The van der Waals surface area contributed by atoms with Gasteiger partial charge in [-0.2, -0.15) is 0 Å². The number of benzene rings is 1. The van der Waals surface area contributed by atoms with E-state index in [-0.39, 0.29) is 11.9 Å². The summed E-state index contributed by atoms with van der Waals surface area (Å²) in [4.78, 5) is 15.0. The molecule has 1 aromatic carbocycles. The highest BCUT2D eigenvalue weighted by atomic mass is 35.5. The maximum absolute atomic E-state index is 12.6. The molecule has 1 heterocycles. The Bertz CT molecular complexity index is 512. The van der Waals surface area contributed by atoms with Crippen LogP contribution in [-0.4, -0.2) is 36.5 Å². The molecule has 0 saturated carbocycles. The first-order chi connectivity index (χ1) is 11.5. The fraction of sp³-hybridized carbons (Fsp3) is 0.632. The van der Waals surface area contributed by atoms with Crippen LogP contribution in [0.4, 0.5) is 0 Å². The quantitative estimate of drug-likeness (QED) is 0.793. The Morgan fingerprint density at radius 2 is 1.83 bits per heavy atom. The summed E-state index contributed by atoms with van der Waals surface area (Å²) in [7, 11) is 0. The average molecular weight is 352 g/mol. The molecule has 1 aromatic rings. The van der Waals surface area contributed by atoms with Crippen LogP contribution in [0.15, 0.2) is 24.3 Å². The number of carbonyl (C=O) groups is 1. The molecular weight excluding hydrogens is 322 g/mol. The molecule has 1 amide bonds. The highest BCUT2D eigenvalue weighted by molar-refractivity contribution is 6.30. The number of nitrogens with one attached hydrogen (secondary N) is 1. The van der Waals surface area contributed by atoms with Crippen LogP contribution < -0.4 is 11.1 Å². The van der Waals surface area contributed by atoms with Crippen molar-refractivity contribution in [1.29, 1.82) is 0 Å². The standard InChI is InChI=1S/C19H30ClN3O/c1-3-19(4-2,14-21)18(24)22-17-9-11-23(12-10-17)13-15-5-7-16(20)8-6-15/h5-8,17H,3-4,9-14,21H2,1-2H3,(H,22,24). The molecule has 5 heteroatoms. The Kier molecular flexibility index (Phi) is 7.08. The van der Waals surface area contributed by atoms with Crippen LogP contribution in [0.25, 0.3) is 0 Å². The lowest BCUT2D eigenvalue weighted by Crippen LogP contribution is -2.51. The lowest BCUT2D eigenvalue weighted by molar-refractivity contribution is -0.132. The first kappa shape index (κ1) is 19.2. The third-order valence-corrected chi connectivity index (χ3v) is 5.72. The number of amides is 1. The number of nitrogens with two attached hydrogens (primary N) is 1. The molecule has 0 aromatic heterocycles. The molecule has 0 aliphatic carbocycles. The van der Waals surface area contributed by atoms with Gasteiger partial charge in [0.2, 0.25) is 5.91 Å². The zero-order valence-electron chi connectivity index (χ0n) is 14.9. The van der Waals surface area contributed by atoms with E-state index in [1.807, 2.05) is 26.0 Å². The van der Waals surface area contributed by atoms with Gasteiger partial charge in [0.15, 0.2) is 0 Å². The van der Waals surface area contributed by atoms with Crippen molar-refractivity contribution in [2.75, 3.05) is 19.6 Å². The molecule has 0 unspecified atom stereocenters. The summed E-state index contributed by atoms with van der Waals surface area (Å²) in [6.45, 7) is 7.45. The van der Waals surface area contributed by atoms with Crippen molar-refractivity contribution in [2.24, 2.45) is 11.1 Å². The highest BCUT2D eigenvalue weighted by Gasteiger charge is 2.35. The van der Waals surface area contributed by atoms with Gasteiger partial charge in [-0.05, 0) is 43.4 Å². The SMILES string of the molecule is CCC(CC)(CN)C(=O)NC1CCN(Cc2ccc(Cl)cc2)CC1. The van der Waals surface area contributed by atoms with Gasteiger partial charge in [-0.3, -0.25) is 9.69 Å². The Labute approximate surface area is 150 Å². The minimum absolute atomic E-state index is 0.131. The number of piperidine rings is 1. The molecule has 134 valence electrons. The van der Waals surface area contributed by atoms with E-state index in [1.165, 1.54) is 5.56 Å². The second-order valence-electron chi connectivity index (χ2n) is 6.84. The summed E-state index contributed by atoms with van der Waals surface area (Å²) in [5, 5.41) is 4.01. The van der Waals surface area contributed by atoms with Gasteiger partial charge in [0.05, 0.1) is 5.41 Å². The minimum atomic E-state index is -0.402. The van der Waals surface area contributed by atoms with E-state index < -0.39 is 5.41 Å². The summed E-state index contributed by atoms with van der Waals surface area (Å²) < 4.78 is 0. The number of hydrogen-bond acceptors (Lipinski definition) is 3. The Morgan fingerprint density at radius 3 is 2.33 bits per heavy atom. The van der Waals surface area contributed by atoms with Crippen molar-refractivity contribution in [3.05, 3.63) is 34.9 Å². The zero-order valence-corrected chi connectivity index (χ0v) is 15.6. The van der Waals surface area contributed by atoms with Crippen LogP contribution in [0.3, 0.4) is 0 Å². The van der Waals surface area contributed by atoms with Crippen molar-refractivity contribution in [3.8, 4) is 0 Å². The van der Waals surface area contributed by atoms with Crippen molar-refractivity contribution in [3.63, 3.8) is 0 Å². The number of rotatable bonds is 7. The molecule has 0 spiro atoms. The summed E-state index contributed by atoms with van der Waals surface area (Å²) in [5.41, 5.74) is 6.75. The van der Waals surface area contributed by atoms with Crippen LogP contribution in [0, 0.1) is 5.41 Å². The van der Waals surface area contributed by atoms with Crippen molar-refractivity contribution in [1.82, 2.24) is 10.2 Å². The molecule has 0 atom stereocenters. The van der Waals surface area contributed by atoms with Crippen LogP contribution in [0.1, 0.15) is 45.1 Å². The molecule has 1 saturated heterocycles. The van der Waals surface area contributed by atoms with Crippen molar-refractivity contribution in [2.45, 2.75) is 52.1 Å². The van der Waals surface area contributed by atoms with E-state index in [2.05, 4.69) is 22.3 Å². The minimum Gasteiger partial charge on any atom is -0.353 e. The Morgan fingerprint density at radius 1 is 1.25 bits per heavy atom. The molecule has 0 bridgehead atoms. The van der Waals surface area contributed by atoms with E-state index in [0.29, 0.717) is 6.54 Å². The normalized spacial score (nSPS) is 17.0. The average Bonchev–Trinajstić information content (AvgIpc) is 2.61. The van der Waals surface area contributed by atoms with Crippen LogP contribution in [0.5, 0.6) is 0 Å². The van der Waals surface area contributed by atoms with Crippen LogP contribution in [0.2, 0.25) is 5.02 Å². The Balaban J connectivity index is 1.82. The van der Waals surface area contributed by atoms with E-state index in [9.17, 15) is 4.79 Å². The fourth-order valence-electron chi connectivity index (χ4n) is 3.37. The predicted octanol–water partition coefficient (Wildman–Crippen LogP) is 3.19. The number of halogens is 1. The molecule has 3 N–H and O–H groups in total. The molecule has 24 heavy (non-hydrogen) atoms. The number of hydrogen-bond donors (Lipinski definition) is 2. The molecule has 1 aliphatic rings. The molecular formula is C19H30ClN3O. The number of likely N-dealkylation sites (tertiary alicyclic amines) is 1. The summed E-state index contributed by atoms with van der Waals surface area (Å²) in [6.07, 6.45) is 3.57. The number of carbonyl (C=O) groups excluding carboxylic acids is 1. The fourth-order valence-corrected chi connectivity index (χ4v) is 3.50. The second kappa shape index (κ2) is 8.84. The van der Waals surface area contributed by atoms with E-state index >= 15 is 0 Å². The Hall–Kier alpha value is -1.10. The lowest BCUT2D eigenvalue weighted by atomic mass is 9.81. The molecule has 1 fully saturated rings. The monoisotopic (exact) mass is 351 g/mol. The second-order valence-corrected chi connectivity index (χ2v) is 7.28. The predicted molar refractivity (Wildman–Crippen MR) is 100.0 cm³/mol. The van der Waals surface area contributed by atoms with Crippen molar-refractivity contribution >= 4 is 17.5 Å². The largest absolute Gasteiger partial charge is 0.353 e. The maximum atomic E-state index is 12.6. The topological polar surface area (TPSA) is 58.4 Å². The highest BCUT2D eigenvalue weighted by Crippen LogP contribution is 2.26. The van der Waals surface area contributed by atoms with E-state index in [0.717, 1.165) is 50.3 Å². The summed E-state index contributed by atoms with van der Waals surface area (Å²) in [5.74, 6) is 0.131. The van der Waals surface area contributed by atoms with Gasteiger partial charge >= 0.3 is 0 Å². The number of nitrogens with zero attached hydrogens (tertiary/aromatic N) is 1. The van der Waals surface area contributed by atoms with Gasteiger partial charge in [-0.15, -0.1) is 0 Å². The molecule has 4 nitrogen and oxygen atoms in total. The van der Waals surface area contributed by atoms with Crippen LogP contribution in [-0.2, 0) is 11.3 Å². The zero-order chi connectivity index (χ0) is 17.6. The summed E-state index contributed by atoms with van der Waals surface area (Å²) in [6, 6.07) is 8.29. The van der Waals surface area contributed by atoms with Gasteiger partial charge in [0.25, 0.3) is 0 Å². The van der Waals surface area contributed by atoms with E-state index in [1.54, 1.807) is 0 Å².